The first kappa shape index (κ1) is 20.7. The van der Waals surface area contributed by atoms with Gasteiger partial charge in [-0.1, -0.05) is 20.8 Å². The zero-order valence-electron chi connectivity index (χ0n) is 17.2. The Kier molecular flexibility index (Phi) is 6.91. The Hall–Kier alpha value is -0.650. The van der Waals surface area contributed by atoms with Gasteiger partial charge in [0, 0.05) is 37.8 Å². The fraction of sp³-hybridized carbons (Fsp3) is 0.950. The van der Waals surface area contributed by atoms with Crippen molar-refractivity contribution in [2.75, 3.05) is 45.9 Å². The molecule has 0 aromatic rings. The number of amides is 1. The molecule has 5 nitrogen and oxygen atoms in total. The standard InChI is InChI=1S/C20H39N3O2/c1-19(2,3)15-23-12-13-25-14-17(23)16-8-11-22(18(16)24)10-7-9-21-20(4,5)6/h16-17,21H,7-15H2,1-6H3. The van der Waals surface area contributed by atoms with E-state index in [4.69, 9.17) is 4.74 Å². The van der Waals surface area contributed by atoms with Crippen LogP contribution >= 0.6 is 0 Å². The molecule has 146 valence electrons. The molecule has 25 heavy (non-hydrogen) atoms. The van der Waals surface area contributed by atoms with Crippen LogP contribution in [0.3, 0.4) is 0 Å². The van der Waals surface area contributed by atoms with E-state index in [0.29, 0.717) is 12.5 Å². The molecule has 0 aromatic carbocycles. The van der Waals surface area contributed by atoms with Crippen LogP contribution in [-0.4, -0.2) is 73.2 Å². The third-order valence-corrected chi connectivity index (χ3v) is 5.02. The second-order valence-electron chi connectivity index (χ2n) is 9.92. The highest BCUT2D eigenvalue weighted by atomic mass is 16.5. The molecule has 0 spiro atoms. The fourth-order valence-electron chi connectivity index (χ4n) is 3.91. The lowest BCUT2D eigenvalue weighted by atomic mass is 9.91. The van der Waals surface area contributed by atoms with Gasteiger partial charge in [0.25, 0.3) is 0 Å². The van der Waals surface area contributed by atoms with Crippen molar-refractivity contribution < 1.29 is 9.53 Å². The predicted molar refractivity (Wildman–Crippen MR) is 103 cm³/mol. The number of carbonyl (C=O) groups excluding carboxylic acids is 1. The molecule has 2 unspecified atom stereocenters. The summed E-state index contributed by atoms with van der Waals surface area (Å²) in [6, 6.07) is 0.248. The van der Waals surface area contributed by atoms with Gasteiger partial charge in [-0.05, 0) is 45.6 Å². The van der Waals surface area contributed by atoms with Crippen molar-refractivity contribution in [3.8, 4) is 0 Å². The molecule has 0 radical (unpaired) electrons. The van der Waals surface area contributed by atoms with Gasteiger partial charge < -0.3 is 15.0 Å². The van der Waals surface area contributed by atoms with Crippen LogP contribution in [-0.2, 0) is 9.53 Å². The largest absolute Gasteiger partial charge is 0.378 e. The molecular weight excluding hydrogens is 314 g/mol. The molecule has 2 saturated heterocycles. The van der Waals surface area contributed by atoms with Crippen molar-refractivity contribution in [2.45, 2.75) is 66.0 Å². The van der Waals surface area contributed by atoms with Gasteiger partial charge in [0.1, 0.15) is 0 Å². The summed E-state index contributed by atoms with van der Waals surface area (Å²) in [7, 11) is 0. The van der Waals surface area contributed by atoms with Gasteiger partial charge in [-0.2, -0.15) is 0 Å². The van der Waals surface area contributed by atoms with Crippen molar-refractivity contribution >= 4 is 5.91 Å². The zero-order valence-corrected chi connectivity index (χ0v) is 17.2. The number of ether oxygens (including phenoxy) is 1. The number of morpholine rings is 1. The van der Waals surface area contributed by atoms with Crippen LogP contribution in [0.15, 0.2) is 0 Å². The first-order valence-electron chi connectivity index (χ1n) is 9.92. The minimum absolute atomic E-state index is 0.109. The molecule has 2 rings (SSSR count). The summed E-state index contributed by atoms with van der Waals surface area (Å²) in [5, 5.41) is 3.50. The van der Waals surface area contributed by atoms with Crippen LogP contribution in [0.25, 0.3) is 0 Å². The number of nitrogens with zero attached hydrogens (tertiary/aromatic N) is 2. The van der Waals surface area contributed by atoms with E-state index in [1.54, 1.807) is 0 Å². The summed E-state index contributed by atoms with van der Waals surface area (Å²) in [4.78, 5) is 17.5. The Bertz CT molecular complexity index is 439. The SMILES string of the molecule is CC(C)(C)CN1CCOCC1C1CCN(CCCNC(C)(C)C)C1=O. The van der Waals surface area contributed by atoms with Crippen molar-refractivity contribution in [2.24, 2.45) is 11.3 Å². The normalized spacial score (nSPS) is 26.5. The maximum absolute atomic E-state index is 12.9. The van der Waals surface area contributed by atoms with Crippen molar-refractivity contribution in [1.82, 2.24) is 15.1 Å². The van der Waals surface area contributed by atoms with Gasteiger partial charge >= 0.3 is 0 Å². The molecule has 2 fully saturated rings. The van der Waals surface area contributed by atoms with Crippen molar-refractivity contribution in [3.63, 3.8) is 0 Å². The quantitative estimate of drug-likeness (QED) is 0.745. The summed E-state index contributed by atoms with van der Waals surface area (Å²) in [6.07, 6.45) is 1.99. The molecule has 2 atom stereocenters. The number of carbonyl (C=O) groups is 1. The average Bonchev–Trinajstić information content (AvgIpc) is 2.83. The third-order valence-electron chi connectivity index (χ3n) is 5.02. The van der Waals surface area contributed by atoms with Crippen LogP contribution in [0, 0.1) is 11.3 Å². The predicted octanol–water partition coefficient (Wildman–Crippen LogP) is 2.36. The van der Waals surface area contributed by atoms with Gasteiger partial charge in [-0.15, -0.1) is 0 Å². The highest BCUT2D eigenvalue weighted by Crippen LogP contribution is 2.29. The first-order valence-corrected chi connectivity index (χ1v) is 9.92. The van der Waals surface area contributed by atoms with E-state index < -0.39 is 0 Å². The van der Waals surface area contributed by atoms with Crippen molar-refractivity contribution in [3.05, 3.63) is 0 Å². The molecule has 5 heteroatoms. The molecule has 2 heterocycles. The maximum atomic E-state index is 12.9. The van der Waals surface area contributed by atoms with Crippen LogP contribution in [0.4, 0.5) is 0 Å². The second kappa shape index (κ2) is 8.36. The molecule has 1 N–H and O–H groups in total. The van der Waals surface area contributed by atoms with Gasteiger partial charge in [-0.3, -0.25) is 9.69 Å². The van der Waals surface area contributed by atoms with E-state index in [2.05, 4.69) is 56.7 Å². The zero-order chi connectivity index (χ0) is 18.7. The summed E-state index contributed by atoms with van der Waals surface area (Å²) in [6.45, 7) is 19.5. The van der Waals surface area contributed by atoms with E-state index >= 15 is 0 Å². The van der Waals surface area contributed by atoms with Crippen LogP contribution < -0.4 is 5.32 Å². The lowest BCUT2D eigenvalue weighted by Gasteiger charge is -2.41. The minimum atomic E-state index is 0.109. The molecule has 1 amide bonds. The summed E-state index contributed by atoms with van der Waals surface area (Å²) in [5.74, 6) is 0.448. The van der Waals surface area contributed by atoms with Gasteiger partial charge in [-0.25, -0.2) is 0 Å². The Morgan fingerprint density at radius 3 is 2.52 bits per heavy atom. The number of rotatable bonds is 6. The molecule has 2 aliphatic rings. The topological polar surface area (TPSA) is 44.8 Å². The smallest absolute Gasteiger partial charge is 0.227 e. The van der Waals surface area contributed by atoms with Crippen LogP contribution in [0.1, 0.15) is 54.4 Å². The second-order valence-corrected chi connectivity index (χ2v) is 9.92. The van der Waals surface area contributed by atoms with E-state index in [9.17, 15) is 4.79 Å². The molecule has 0 bridgehead atoms. The summed E-state index contributed by atoms with van der Waals surface area (Å²) >= 11 is 0. The number of nitrogens with one attached hydrogen (secondary N) is 1. The van der Waals surface area contributed by atoms with Gasteiger partial charge in [0.05, 0.1) is 19.1 Å². The number of likely N-dealkylation sites (tertiary alicyclic amines) is 1. The molecule has 0 saturated carbocycles. The Morgan fingerprint density at radius 1 is 1.16 bits per heavy atom. The van der Waals surface area contributed by atoms with E-state index in [1.165, 1.54) is 0 Å². The first-order chi connectivity index (χ1) is 11.6. The fourth-order valence-corrected chi connectivity index (χ4v) is 3.91. The molecule has 0 aromatic heterocycles. The summed E-state index contributed by atoms with van der Waals surface area (Å²) < 4.78 is 5.74. The van der Waals surface area contributed by atoms with E-state index in [-0.39, 0.29) is 22.9 Å². The summed E-state index contributed by atoms with van der Waals surface area (Å²) in [5.41, 5.74) is 0.389. The number of hydrogen-bond acceptors (Lipinski definition) is 4. The van der Waals surface area contributed by atoms with Crippen LogP contribution in [0.5, 0.6) is 0 Å². The minimum Gasteiger partial charge on any atom is -0.378 e. The average molecular weight is 354 g/mol. The monoisotopic (exact) mass is 353 g/mol. The van der Waals surface area contributed by atoms with Gasteiger partial charge in [0.15, 0.2) is 0 Å². The number of hydrogen-bond donors (Lipinski definition) is 1. The van der Waals surface area contributed by atoms with E-state index in [0.717, 1.165) is 52.2 Å². The molecule has 0 aliphatic carbocycles. The Balaban J connectivity index is 1.86. The Morgan fingerprint density at radius 2 is 1.88 bits per heavy atom. The van der Waals surface area contributed by atoms with E-state index in [1.807, 2.05) is 0 Å². The Labute approximate surface area is 154 Å². The lowest BCUT2D eigenvalue weighted by molar-refractivity contribution is -0.136. The third kappa shape index (κ3) is 6.54. The maximum Gasteiger partial charge on any atom is 0.227 e. The highest BCUT2D eigenvalue weighted by molar-refractivity contribution is 5.81. The van der Waals surface area contributed by atoms with Crippen molar-refractivity contribution in [1.29, 1.82) is 0 Å². The lowest BCUT2D eigenvalue weighted by Crippen LogP contribution is -2.53. The highest BCUT2D eigenvalue weighted by Gasteiger charge is 2.41. The molecular formula is C20H39N3O2. The molecule has 2 aliphatic heterocycles. The van der Waals surface area contributed by atoms with Crippen LogP contribution in [0.2, 0.25) is 0 Å². The van der Waals surface area contributed by atoms with Gasteiger partial charge in [0.2, 0.25) is 5.91 Å².